The smallest absolute Gasteiger partial charge is 0.335 e. The molecule has 1 atom stereocenters. The van der Waals surface area contributed by atoms with E-state index >= 15 is 0 Å². The zero-order chi connectivity index (χ0) is 14.8. The molecule has 2 aromatic heterocycles. The van der Waals surface area contributed by atoms with Crippen LogP contribution in [0.15, 0.2) is 59.8 Å². The molecule has 0 bridgehead atoms. The Morgan fingerprint density at radius 3 is 2.86 bits per heavy atom. The van der Waals surface area contributed by atoms with E-state index in [0.29, 0.717) is 10.6 Å². The molecule has 0 spiro atoms. The van der Waals surface area contributed by atoms with E-state index in [4.69, 9.17) is 5.11 Å². The summed E-state index contributed by atoms with van der Waals surface area (Å²) in [5.74, 6) is -0.772. The number of carboxylic acids is 1. The topological polar surface area (TPSA) is 71.7 Å². The maximum absolute atomic E-state index is 12.3. The molecular weight excluding hydrogens is 288 g/mol. The van der Waals surface area contributed by atoms with Crippen LogP contribution in [-0.4, -0.2) is 24.7 Å². The van der Waals surface area contributed by atoms with Crippen LogP contribution in [0.1, 0.15) is 16.1 Å². The number of hydrogen-bond acceptors (Lipinski definition) is 3. The fourth-order valence-electron chi connectivity index (χ4n) is 2.05. The Hall–Kier alpha value is -2.47. The van der Waals surface area contributed by atoms with E-state index in [-0.39, 0.29) is 11.3 Å². The lowest BCUT2D eigenvalue weighted by atomic mass is 10.2. The maximum Gasteiger partial charge on any atom is 0.335 e. The van der Waals surface area contributed by atoms with Gasteiger partial charge in [-0.2, -0.15) is 0 Å². The van der Waals surface area contributed by atoms with Gasteiger partial charge in [-0.25, -0.2) is 9.78 Å². The third-order valence-corrected chi connectivity index (χ3v) is 4.37. The summed E-state index contributed by atoms with van der Waals surface area (Å²) in [5.41, 5.74) is 1.64. The Labute approximate surface area is 123 Å². The lowest BCUT2D eigenvalue weighted by molar-refractivity contribution is 0.0696. The molecule has 21 heavy (non-hydrogen) atoms. The standard InChI is InChI=1S/C15H12N2O3S/c18-15(19)11-4-3-5-13(8-11)21(20)10-12-9-17-7-2-1-6-14(17)16-12/h1-9H,10H2,(H,18,19). The van der Waals surface area contributed by atoms with Gasteiger partial charge >= 0.3 is 5.97 Å². The van der Waals surface area contributed by atoms with Crippen LogP contribution in [0.3, 0.4) is 0 Å². The normalized spacial score (nSPS) is 12.4. The largest absolute Gasteiger partial charge is 0.478 e. The number of carboxylic acid groups (broad SMARTS) is 1. The predicted octanol–water partition coefficient (Wildman–Crippen LogP) is 2.34. The van der Waals surface area contributed by atoms with Gasteiger partial charge in [0, 0.05) is 17.3 Å². The molecule has 2 heterocycles. The molecule has 0 saturated heterocycles. The van der Waals surface area contributed by atoms with E-state index in [2.05, 4.69) is 4.98 Å². The molecule has 5 nitrogen and oxygen atoms in total. The number of carbonyl (C=O) groups is 1. The van der Waals surface area contributed by atoms with Crippen LogP contribution in [-0.2, 0) is 16.6 Å². The number of fused-ring (bicyclic) bond motifs is 1. The van der Waals surface area contributed by atoms with Gasteiger partial charge in [0.1, 0.15) is 5.65 Å². The lowest BCUT2D eigenvalue weighted by Crippen LogP contribution is -2.01. The third kappa shape index (κ3) is 2.85. The number of pyridine rings is 1. The molecule has 1 aromatic carbocycles. The highest BCUT2D eigenvalue weighted by molar-refractivity contribution is 7.84. The molecule has 3 aromatic rings. The summed E-state index contributed by atoms with van der Waals surface area (Å²) in [6.45, 7) is 0. The molecule has 0 radical (unpaired) electrons. The molecule has 0 aliphatic carbocycles. The summed E-state index contributed by atoms with van der Waals surface area (Å²) >= 11 is 0. The number of nitrogens with zero attached hydrogens (tertiary/aromatic N) is 2. The van der Waals surface area contributed by atoms with Crippen molar-refractivity contribution < 1.29 is 14.1 Å². The van der Waals surface area contributed by atoms with Gasteiger partial charge in [-0.3, -0.25) is 4.21 Å². The van der Waals surface area contributed by atoms with Gasteiger partial charge in [0.05, 0.1) is 27.8 Å². The van der Waals surface area contributed by atoms with E-state index in [1.807, 2.05) is 35.0 Å². The van der Waals surface area contributed by atoms with Crippen molar-refractivity contribution in [2.45, 2.75) is 10.6 Å². The van der Waals surface area contributed by atoms with Crippen LogP contribution in [0.4, 0.5) is 0 Å². The van der Waals surface area contributed by atoms with Crippen molar-refractivity contribution in [1.82, 2.24) is 9.38 Å². The number of rotatable bonds is 4. The molecule has 0 aliphatic rings. The minimum atomic E-state index is -1.33. The Kier molecular flexibility index (Phi) is 3.53. The predicted molar refractivity (Wildman–Crippen MR) is 78.7 cm³/mol. The Morgan fingerprint density at radius 1 is 1.24 bits per heavy atom. The van der Waals surface area contributed by atoms with Crippen LogP contribution >= 0.6 is 0 Å². The fourth-order valence-corrected chi connectivity index (χ4v) is 3.11. The zero-order valence-electron chi connectivity index (χ0n) is 11.0. The van der Waals surface area contributed by atoms with Crippen molar-refractivity contribution in [3.05, 3.63) is 66.1 Å². The minimum absolute atomic E-state index is 0.135. The third-order valence-electron chi connectivity index (χ3n) is 3.04. The minimum Gasteiger partial charge on any atom is -0.478 e. The van der Waals surface area contributed by atoms with Gasteiger partial charge in [0.25, 0.3) is 0 Å². The van der Waals surface area contributed by atoms with E-state index in [1.54, 1.807) is 12.1 Å². The summed E-state index contributed by atoms with van der Waals surface area (Å²) < 4.78 is 14.2. The average Bonchev–Trinajstić information content (AvgIpc) is 2.89. The molecular formula is C15H12N2O3S. The van der Waals surface area contributed by atoms with Gasteiger partial charge in [0.15, 0.2) is 0 Å². The highest BCUT2D eigenvalue weighted by Gasteiger charge is 2.11. The van der Waals surface area contributed by atoms with Crippen molar-refractivity contribution in [2.24, 2.45) is 0 Å². The SMILES string of the molecule is O=C(O)c1cccc(S(=O)Cc2cn3ccccc3n2)c1. The van der Waals surface area contributed by atoms with E-state index in [1.165, 1.54) is 12.1 Å². The van der Waals surface area contributed by atoms with Crippen LogP contribution in [0.25, 0.3) is 5.65 Å². The van der Waals surface area contributed by atoms with Crippen molar-refractivity contribution in [3.8, 4) is 0 Å². The molecule has 0 amide bonds. The van der Waals surface area contributed by atoms with Gasteiger partial charge in [-0.15, -0.1) is 0 Å². The van der Waals surface area contributed by atoms with Crippen molar-refractivity contribution >= 4 is 22.4 Å². The Bertz CT molecular complexity index is 809. The number of aromatic carboxylic acids is 1. The first kappa shape index (κ1) is 13.5. The first-order valence-corrected chi connectivity index (χ1v) is 7.60. The molecule has 1 N–H and O–H groups in total. The first-order chi connectivity index (χ1) is 10.1. The highest BCUT2D eigenvalue weighted by atomic mass is 32.2. The molecule has 106 valence electrons. The van der Waals surface area contributed by atoms with Crippen LogP contribution in [0.2, 0.25) is 0 Å². The lowest BCUT2D eigenvalue weighted by Gasteiger charge is -2.01. The van der Waals surface area contributed by atoms with Crippen LogP contribution in [0.5, 0.6) is 0 Å². The summed E-state index contributed by atoms with van der Waals surface area (Å²) in [6.07, 6.45) is 3.70. The molecule has 6 heteroatoms. The van der Waals surface area contributed by atoms with E-state index in [9.17, 15) is 9.00 Å². The second-order valence-electron chi connectivity index (χ2n) is 4.52. The van der Waals surface area contributed by atoms with E-state index in [0.717, 1.165) is 5.65 Å². The van der Waals surface area contributed by atoms with Gasteiger partial charge in [0.2, 0.25) is 0 Å². The molecule has 0 aliphatic heterocycles. The summed E-state index contributed by atoms with van der Waals surface area (Å²) in [6, 6.07) is 11.8. The van der Waals surface area contributed by atoms with Crippen molar-refractivity contribution in [3.63, 3.8) is 0 Å². The summed E-state index contributed by atoms with van der Waals surface area (Å²) in [4.78, 5) is 15.8. The summed E-state index contributed by atoms with van der Waals surface area (Å²) in [7, 11) is -1.33. The number of imidazole rings is 1. The number of aromatic nitrogens is 2. The molecule has 1 unspecified atom stereocenters. The van der Waals surface area contributed by atoms with Gasteiger partial charge in [-0.1, -0.05) is 12.1 Å². The van der Waals surface area contributed by atoms with Gasteiger partial charge < -0.3 is 9.51 Å². The number of benzene rings is 1. The Morgan fingerprint density at radius 2 is 2.10 bits per heavy atom. The van der Waals surface area contributed by atoms with Crippen molar-refractivity contribution in [2.75, 3.05) is 0 Å². The van der Waals surface area contributed by atoms with Crippen molar-refractivity contribution in [1.29, 1.82) is 0 Å². The zero-order valence-corrected chi connectivity index (χ0v) is 11.8. The first-order valence-electron chi connectivity index (χ1n) is 6.28. The average molecular weight is 300 g/mol. The summed E-state index contributed by atoms with van der Waals surface area (Å²) in [5, 5.41) is 8.96. The second kappa shape index (κ2) is 5.49. The molecule has 0 saturated carbocycles. The van der Waals surface area contributed by atoms with E-state index < -0.39 is 16.8 Å². The fraction of sp³-hybridized carbons (Fsp3) is 0.0667. The van der Waals surface area contributed by atoms with Crippen LogP contribution in [0, 0.1) is 0 Å². The second-order valence-corrected chi connectivity index (χ2v) is 5.97. The quantitative estimate of drug-likeness (QED) is 0.802. The Balaban J connectivity index is 1.85. The molecule has 0 fully saturated rings. The number of hydrogen-bond donors (Lipinski definition) is 1. The van der Waals surface area contributed by atoms with Gasteiger partial charge in [-0.05, 0) is 30.3 Å². The maximum atomic E-state index is 12.3. The molecule has 3 rings (SSSR count). The van der Waals surface area contributed by atoms with Crippen LogP contribution < -0.4 is 0 Å². The highest BCUT2D eigenvalue weighted by Crippen LogP contribution is 2.14. The monoisotopic (exact) mass is 300 g/mol.